The molecule has 0 atom stereocenters. The van der Waals surface area contributed by atoms with E-state index in [-0.39, 0.29) is 0 Å². The van der Waals surface area contributed by atoms with Gasteiger partial charge in [-0.05, 0) is 19.1 Å². The minimum absolute atomic E-state index is 0.454. The summed E-state index contributed by atoms with van der Waals surface area (Å²) < 4.78 is 1.58. The molecule has 0 unspecified atom stereocenters. The van der Waals surface area contributed by atoms with Crippen molar-refractivity contribution in [1.29, 1.82) is 0 Å². The molecule has 0 saturated carbocycles. The number of anilines is 2. The molecule has 0 fully saturated rings. The van der Waals surface area contributed by atoms with E-state index < -0.39 is 0 Å². The number of rotatable bonds is 4. The van der Waals surface area contributed by atoms with Crippen LogP contribution in [-0.2, 0) is 13.5 Å². The normalized spacial score (nSPS) is 10.5. The Morgan fingerprint density at radius 2 is 2.00 bits per heavy atom. The van der Waals surface area contributed by atoms with Gasteiger partial charge in [-0.1, -0.05) is 17.7 Å². The van der Waals surface area contributed by atoms with Gasteiger partial charge in [0.05, 0.1) is 0 Å². The number of nitrogen functional groups attached to an aromatic ring is 1. The van der Waals surface area contributed by atoms with E-state index >= 15 is 0 Å². The number of nitrogens with one attached hydrogen (secondary N) is 1. The Morgan fingerprint density at radius 3 is 2.59 bits per heavy atom. The second-order valence-electron chi connectivity index (χ2n) is 4.05. The van der Waals surface area contributed by atoms with Crippen LogP contribution in [0.4, 0.5) is 11.6 Å². The predicted molar refractivity (Wildman–Crippen MR) is 68.8 cm³/mol. The molecule has 5 nitrogen and oxygen atoms in total. The number of nitrogens with two attached hydrogens (primary N) is 1. The third-order valence-corrected chi connectivity index (χ3v) is 2.57. The topological polar surface area (TPSA) is 68.8 Å². The van der Waals surface area contributed by atoms with Crippen molar-refractivity contribution in [3.63, 3.8) is 0 Å². The van der Waals surface area contributed by atoms with Gasteiger partial charge in [0.2, 0.25) is 5.95 Å². The van der Waals surface area contributed by atoms with Crippen LogP contribution in [0.25, 0.3) is 0 Å². The average Bonchev–Trinajstić information content (AvgIpc) is 2.61. The molecule has 17 heavy (non-hydrogen) atoms. The largest absolute Gasteiger partial charge is 0.385 e. The van der Waals surface area contributed by atoms with E-state index in [1.807, 2.05) is 0 Å². The van der Waals surface area contributed by atoms with Gasteiger partial charge >= 0.3 is 0 Å². The monoisotopic (exact) mass is 231 g/mol. The van der Waals surface area contributed by atoms with Crippen LogP contribution in [-0.4, -0.2) is 21.3 Å². The quantitative estimate of drug-likeness (QED) is 0.833. The molecule has 5 heteroatoms. The number of hydrogen-bond acceptors (Lipinski definition) is 4. The van der Waals surface area contributed by atoms with Crippen molar-refractivity contribution in [2.75, 3.05) is 17.6 Å². The van der Waals surface area contributed by atoms with Gasteiger partial charge in [-0.15, -0.1) is 0 Å². The van der Waals surface area contributed by atoms with E-state index in [4.69, 9.17) is 5.73 Å². The lowest BCUT2D eigenvalue weighted by Gasteiger charge is -2.04. The maximum Gasteiger partial charge on any atom is 0.218 e. The van der Waals surface area contributed by atoms with Crippen LogP contribution in [0.15, 0.2) is 24.3 Å². The van der Waals surface area contributed by atoms with Crippen molar-refractivity contribution < 1.29 is 0 Å². The molecule has 0 amide bonds. The highest BCUT2D eigenvalue weighted by atomic mass is 15.4. The molecule has 0 bridgehead atoms. The first-order valence-corrected chi connectivity index (χ1v) is 5.61. The molecule has 2 rings (SSSR count). The Hall–Kier alpha value is -2.04. The van der Waals surface area contributed by atoms with Crippen LogP contribution in [0, 0.1) is 6.92 Å². The lowest BCUT2D eigenvalue weighted by atomic mass is 10.2. The lowest BCUT2D eigenvalue weighted by molar-refractivity contribution is 0.750. The summed E-state index contributed by atoms with van der Waals surface area (Å²) in [6.07, 6.45) is 0.763. The van der Waals surface area contributed by atoms with Gasteiger partial charge in [0.1, 0.15) is 0 Å². The molecular weight excluding hydrogens is 214 g/mol. The van der Waals surface area contributed by atoms with Crippen molar-refractivity contribution in [3.05, 3.63) is 35.7 Å². The van der Waals surface area contributed by atoms with Gasteiger partial charge < -0.3 is 11.1 Å². The summed E-state index contributed by atoms with van der Waals surface area (Å²) in [6.45, 7) is 2.87. The average molecular weight is 231 g/mol. The number of aromatic nitrogens is 3. The van der Waals surface area contributed by atoms with Crippen molar-refractivity contribution in [1.82, 2.24) is 14.8 Å². The third-order valence-electron chi connectivity index (χ3n) is 2.57. The fourth-order valence-corrected chi connectivity index (χ4v) is 1.55. The maximum atomic E-state index is 5.61. The second kappa shape index (κ2) is 4.86. The number of benzene rings is 1. The molecule has 0 spiro atoms. The number of nitrogens with zero attached hydrogens (tertiary/aromatic N) is 3. The minimum atomic E-state index is 0.454. The maximum absolute atomic E-state index is 5.61. The van der Waals surface area contributed by atoms with Crippen LogP contribution >= 0.6 is 0 Å². The van der Waals surface area contributed by atoms with Crippen molar-refractivity contribution >= 4 is 11.6 Å². The molecule has 90 valence electrons. The zero-order valence-electron chi connectivity index (χ0n) is 10.1. The fraction of sp³-hybridized carbons (Fsp3) is 0.333. The van der Waals surface area contributed by atoms with E-state index in [1.165, 1.54) is 5.56 Å². The highest BCUT2D eigenvalue weighted by Gasteiger charge is 2.02. The molecule has 0 aliphatic rings. The van der Waals surface area contributed by atoms with E-state index in [0.717, 1.165) is 24.5 Å². The first-order valence-electron chi connectivity index (χ1n) is 5.61. The molecule has 1 aromatic heterocycles. The molecular formula is C12H17N5. The van der Waals surface area contributed by atoms with E-state index in [1.54, 1.807) is 11.7 Å². The minimum Gasteiger partial charge on any atom is -0.385 e. The molecule has 0 saturated heterocycles. The SMILES string of the molecule is Cc1ccc(NCCc2nc(N)n(C)n2)cc1. The first-order chi connectivity index (χ1) is 8.15. The van der Waals surface area contributed by atoms with Gasteiger partial charge in [0, 0.05) is 25.7 Å². The Morgan fingerprint density at radius 1 is 1.29 bits per heavy atom. The van der Waals surface area contributed by atoms with Crippen LogP contribution < -0.4 is 11.1 Å². The standard InChI is InChI=1S/C12H17N5/c1-9-3-5-10(6-4-9)14-8-7-11-15-12(13)17(2)16-11/h3-6,14H,7-8H2,1-2H3,(H2,13,15,16). The molecule has 3 N–H and O–H groups in total. The Kier molecular flexibility index (Phi) is 3.27. The summed E-state index contributed by atoms with van der Waals surface area (Å²) in [7, 11) is 1.79. The Labute approximate surface area is 101 Å². The number of hydrogen-bond donors (Lipinski definition) is 2. The van der Waals surface area contributed by atoms with Gasteiger partial charge in [-0.25, -0.2) is 4.68 Å². The highest BCUT2D eigenvalue weighted by molar-refractivity contribution is 5.44. The molecule has 0 aliphatic carbocycles. The van der Waals surface area contributed by atoms with Gasteiger partial charge in [0.15, 0.2) is 5.82 Å². The summed E-state index contributed by atoms with van der Waals surface area (Å²) in [5, 5.41) is 7.52. The summed E-state index contributed by atoms with van der Waals surface area (Å²) in [6, 6.07) is 8.30. The summed E-state index contributed by atoms with van der Waals surface area (Å²) in [5.74, 6) is 1.22. The van der Waals surface area contributed by atoms with Gasteiger partial charge in [-0.2, -0.15) is 10.1 Å². The summed E-state index contributed by atoms with van der Waals surface area (Å²) >= 11 is 0. The summed E-state index contributed by atoms with van der Waals surface area (Å²) in [4.78, 5) is 4.15. The summed E-state index contributed by atoms with van der Waals surface area (Å²) in [5.41, 5.74) is 7.98. The van der Waals surface area contributed by atoms with Crippen LogP contribution in [0.3, 0.4) is 0 Å². The zero-order valence-corrected chi connectivity index (χ0v) is 10.1. The van der Waals surface area contributed by atoms with Crippen molar-refractivity contribution in [2.45, 2.75) is 13.3 Å². The molecule has 1 heterocycles. The van der Waals surface area contributed by atoms with E-state index in [2.05, 4.69) is 46.6 Å². The lowest BCUT2D eigenvalue weighted by Crippen LogP contribution is -2.06. The first kappa shape index (κ1) is 11.4. The Bertz CT molecular complexity index is 467. The smallest absolute Gasteiger partial charge is 0.218 e. The molecule has 0 aliphatic heterocycles. The number of aryl methyl sites for hydroxylation is 2. The molecule has 1 aromatic carbocycles. The van der Waals surface area contributed by atoms with Crippen LogP contribution in [0.2, 0.25) is 0 Å². The van der Waals surface area contributed by atoms with E-state index in [0.29, 0.717) is 5.95 Å². The predicted octanol–water partition coefficient (Wildman–Crippen LogP) is 1.36. The van der Waals surface area contributed by atoms with Gasteiger partial charge in [0.25, 0.3) is 0 Å². The van der Waals surface area contributed by atoms with Crippen molar-refractivity contribution in [3.8, 4) is 0 Å². The fourth-order valence-electron chi connectivity index (χ4n) is 1.55. The zero-order chi connectivity index (χ0) is 12.3. The molecule has 0 radical (unpaired) electrons. The third kappa shape index (κ3) is 2.96. The second-order valence-corrected chi connectivity index (χ2v) is 4.05. The Balaban J connectivity index is 1.85. The van der Waals surface area contributed by atoms with Crippen molar-refractivity contribution in [2.24, 2.45) is 7.05 Å². The van der Waals surface area contributed by atoms with Crippen LogP contribution in [0.5, 0.6) is 0 Å². The van der Waals surface area contributed by atoms with Gasteiger partial charge in [-0.3, -0.25) is 0 Å². The molecule has 2 aromatic rings. The van der Waals surface area contributed by atoms with Crippen LogP contribution in [0.1, 0.15) is 11.4 Å². The van der Waals surface area contributed by atoms with E-state index in [9.17, 15) is 0 Å². The highest BCUT2D eigenvalue weighted by Crippen LogP contribution is 2.08.